The summed E-state index contributed by atoms with van der Waals surface area (Å²) in [4.78, 5) is 26.5. The zero-order valence-electron chi connectivity index (χ0n) is 18.6. The average Bonchev–Trinajstić information content (AvgIpc) is 2.99. The number of fused-ring (bicyclic) bond motifs is 3. The molecule has 1 aromatic heterocycles. The molecule has 188 valence electrons. The molecule has 0 unspecified atom stereocenters. The molecule has 0 bridgehead atoms. The van der Waals surface area contributed by atoms with E-state index in [0.29, 0.717) is 31.7 Å². The van der Waals surface area contributed by atoms with Crippen molar-refractivity contribution >= 4 is 29.3 Å². The highest BCUT2D eigenvalue weighted by atomic mass is 35.5. The number of hydrogen-bond donors (Lipinski definition) is 1. The summed E-state index contributed by atoms with van der Waals surface area (Å²) in [5.74, 6) is -2.41. The number of alkyl halides is 3. The van der Waals surface area contributed by atoms with Crippen LogP contribution in [0.4, 0.5) is 17.6 Å². The Labute approximate surface area is 211 Å². The van der Waals surface area contributed by atoms with Crippen LogP contribution in [0.2, 0.25) is 5.02 Å². The molecule has 0 spiro atoms. The summed E-state index contributed by atoms with van der Waals surface area (Å²) in [6.45, 7) is 0.204. The molecule has 3 aromatic rings. The van der Waals surface area contributed by atoms with E-state index < -0.39 is 53.5 Å². The van der Waals surface area contributed by atoms with Gasteiger partial charge in [-0.2, -0.15) is 13.2 Å². The van der Waals surface area contributed by atoms with Crippen molar-refractivity contribution in [3.05, 3.63) is 92.1 Å². The lowest BCUT2D eigenvalue weighted by molar-refractivity contribution is -0.173. The van der Waals surface area contributed by atoms with Crippen molar-refractivity contribution in [1.29, 1.82) is 0 Å². The van der Waals surface area contributed by atoms with E-state index in [1.165, 1.54) is 35.1 Å². The maximum absolute atomic E-state index is 15.5. The number of hydrogen-bond acceptors (Lipinski definition) is 5. The second-order valence-corrected chi connectivity index (χ2v) is 9.85. The molecule has 0 radical (unpaired) electrons. The largest absolute Gasteiger partial charge is 0.502 e. The molecule has 0 saturated heterocycles. The van der Waals surface area contributed by atoms with E-state index in [9.17, 15) is 27.9 Å². The molecule has 1 amide bonds. The fourth-order valence-corrected chi connectivity index (χ4v) is 6.01. The van der Waals surface area contributed by atoms with Crippen LogP contribution in [0.15, 0.2) is 58.4 Å². The molecule has 2 aromatic carbocycles. The van der Waals surface area contributed by atoms with Gasteiger partial charge in [-0.05, 0) is 30.2 Å². The van der Waals surface area contributed by atoms with Gasteiger partial charge in [0.15, 0.2) is 11.4 Å². The molecular weight excluding hydrogens is 522 g/mol. The summed E-state index contributed by atoms with van der Waals surface area (Å²) < 4.78 is 57.9. The van der Waals surface area contributed by atoms with Gasteiger partial charge in [0, 0.05) is 28.5 Å². The van der Waals surface area contributed by atoms with Gasteiger partial charge in [0.05, 0.1) is 5.02 Å². The first-order chi connectivity index (χ1) is 17.0. The van der Waals surface area contributed by atoms with Crippen LogP contribution in [0, 0.1) is 5.82 Å². The van der Waals surface area contributed by atoms with Crippen LogP contribution in [0.5, 0.6) is 5.75 Å². The molecule has 2 aliphatic rings. The molecular formula is C24H18ClF4N3O3S. The number of rotatable bonds is 2. The fourth-order valence-electron chi connectivity index (χ4n) is 4.56. The molecule has 0 fully saturated rings. The van der Waals surface area contributed by atoms with Crippen LogP contribution < -0.4 is 10.4 Å². The van der Waals surface area contributed by atoms with Crippen LogP contribution in [-0.4, -0.2) is 39.5 Å². The number of nitrogens with zero attached hydrogens (tertiary/aromatic N) is 3. The molecule has 5 rings (SSSR count). The van der Waals surface area contributed by atoms with Crippen molar-refractivity contribution in [2.75, 3.05) is 11.7 Å². The van der Waals surface area contributed by atoms with Gasteiger partial charge in [0.2, 0.25) is 5.43 Å². The summed E-state index contributed by atoms with van der Waals surface area (Å²) >= 11 is 7.84. The number of carbonyl (C=O) groups excluding carboxylic acids is 1. The van der Waals surface area contributed by atoms with Crippen molar-refractivity contribution in [2.24, 2.45) is 0 Å². The van der Waals surface area contributed by atoms with E-state index in [1.54, 1.807) is 24.3 Å². The van der Waals surface area contributed by atoms with E-state index in [-0.39, 0.29) is 5.56 Å². The topological polar surface area (TPSA) is 65.8 Å². The summed E-state index contributed by atoms with van der Waals surface area (Å²) in [5.41, 5.74) is -0.263. The van der Waals surface area contributed by atoms with Crippen LogP contribution in [0.25, 0.3) is 0 Å². The van der Waals surface area contributed by atoms with Gasteiger partial charge in [-0.15, -0.1) is 11.8 Å². The Hall–Kier alpha value is -3.18. The number of aromatic nitrogens is 1. The van der Waals surface area contributed by atoms with Crippen LogP contribution in [0.3, 0.4) is 0 Å². The monoisotopic (exact) mass is 539 g/mol. The lowest BCUT2D eigenvalue weighted by Crippen LogP contribution is -2.60. The van der Waals surface area contributed by atoms with Crippen LogP contribution in [-0.2, 0) is 5.75 Å². The normalized spacial score (nSPS) is 18.3. The van der Waals surface area contributed by atoms with Crippen molar-refractivity contribution in [1.82, 2.24) is 9.58 Å². The summed E-state index contributed by atoms with van der Waals surface area (Å²) in [7, 11) is 0. The Morgan fingerprint density at radius 1 is 1.14 bits per heavy atom. The van der Waals surface area contributed by atoms with Gasteiger partial charge in [-0.25, -0.2) is 4.39 Å². The SMILES string of the molecule is C[C@@H](N1CN([C@H]2c3cccc(Cl)c3SCc3cccc(F)c32)n2ccc(=O)c(O)c2C1=O)C(F)(F)F. The summed E-state index contributed by atoms with van der Waals surface area (Å²) in [5, 5.41) is 12.2. The first-order valence-electron chi connectivity index (χ1n) is 10.8. The zero-order valence-corrected chi connectivity index (χ0v) is 20.2. The molecule has 12 heteroatoms. The Bertz CT molecular complexity index is 1450. The number of aromatic hydroxyl groups is 1. The van der Waals surface area contributed by atoms with Crippen molar-refractivity contribution in [3.63, 3.8) is 0 Å². The second kappa shape index (κ2) is 8.74. The molecule has 2 aliphatic heterocycles. The lowest BCUT2D eigenvalue weighted by Gasteiger charge is -2.46. The Kier molecular flexibility index (Phi) is 5.95. The van der Waals surface area contributed by atoms with E-state index in [4.69, 9.17) is 11.6 Å². The van der Waals surface area contributed by atoms with Gasteiger partial charge in [0.25, 0.3) is 5.91 Å². The number of benzene rings is 2. The van der Waals surface area contributed by atoms with E-state index in [1.807, 2.05) is 0 Å². The average molecular weight is 540 g/mol. The maximum Gasteiger partial charge on any atom is 0.408 e. The van der Waals surface area contributed by atoms with E-state index in [0.717, 1.165) is 17.7 Å². The van der Waals surface area contributed by atoms with E-state index >= 15 is 4.39 Å². The van der Waals surface area contributed by atoms with Crippen molar-refractivity contribution < 1.29 is 27.5 Å². The van der Waals surface area contributed by atoms with E-state index in [2.05, 4.69) is 0 Å². The van der Waals surface area contributed by atoms with Gasteiger partial charge in [-0.3, -0.25) is 19.3 Å². The summed E-state index contributed by atoms with van der Waals surface area (Å²) in [6, 6.07) is 7.20. The standard InChI is InChI=1S/C24H18ClF4N3O3S/c1-12(24(27,28)29)30-11-32(31-9-8-17(33)21(34)20(31)23(30)35)19-14-5-3-6-15(25)22(14)36-10-13-4-2-7-16(26)18(13)19/h2-9,12,19,34H,10-11H2,1H3/t12-,19+/m1/s1. The molecule has 36 heavy (non-hydrogen) atoms. The number of amides is 1. The second-order valence-electron chi connectivity index (χ2n) is 8.46. The molecule has 1 N–H and O–H groups in total. The molecule has 0 saturated carbocycles. The Morgan fingerprint density at radius 2 is 1.86 bits per heavy atom. The van der Waals surface area contributed by atoms with Crippen molar-refractivity contribution in [2.45, 2.75) is 35.8 Å². The van der Waals surface area contributed by atoms with Gasteiger partial charge in [-0.1, -0.05) is 35.9 Å². The smallest absolute Gasteiger partial charge is 0.408 e. The first kappa shape index (κ1) is 24.5. The minimum Gasteiger partial charge on any atom is -0.502 e. The fraction of sp³-hybridized carbons (Fsp3) is 0.250. The number of carbonyl (C=O) groups is 1. The number of thioether (sulfide) groups is 1. The number of halogens is 5. The van der Waals surface area contributed by atoms with Crippen LogP contribution >= 0.6 is 23.4 Å². The highest BCUT2D eigenvalue weighted by Gasteiger charge is 2.48. The minimum absolute atomic E-state index is 0.198. The predicted octanol–water partition coefficient (Wildman–Crippen LogP) is 5.04. The third kappa shape index (κ3) is 3.81. The predicted molar refractivity (Wildman–Crippen MR) is 126 cm³/mol. The number of pyridine rings is 1. The highest BCUT2D eigenvalue weighted by Crippen LogP contribution is 2.46. The molecule has 0 aliphatic carbocycles. The minimum atomic E-state index is -4.79. The quantitative estimate of drug-likeness (QED) is 0.462. The Balaban J connectivity index is 1.82. The molecule has 6 nitrogen and oxygen atoms in total. The summed E-state index contributed by atoms with van der Waals surface area (Å²) in [6.07, 6.45) is -3.61. The van der Waals surface area contributed by atoms with Gasteiger partial charge in [0.1, 0.15) is 24.6 Å². The third-order valence-corrected chi connectivity index (χ3v) is 8.04. The first-order valence-corrected chi connectivity index (χ1v) is 12.1. The molecule has 3 heterocycles. The molecule has 2 atom stereocenters. The maximum atomic E-state index is 15.5. The van der Waals surface area contributed by atoms with Gasteiger partial charge >= 0.3 is 6.18 Å². The lowest BCUT2D eigenvalue weighted by atomic mass is 9.93. The van der Waals surface area contributed by atoms with Gasteiger partial charge < -0.3 is 10.0 Å². The van der Waals surface area contributed by atoms with Crippen molar-refractivity contribution in [3.8, 4) is 5.75 Å². The zero-order chi connectivity index (χ0) is 25.9. The third-order valence-electron chi connectivity index (χ3n) is 6.41. The Morgan fingerprint density at radius 3 is 2.58 bits per heavy atom. The van der Waals surface area contributed by atoms with Crippen LogP contribution in [0.1, 0.15) is 40.1 Å². The highest BCUT2D eigenvalue weighted by molar-refractivity contribution is 7.98.